The summed E-state index contributed by atoms with van der Waals surface area (Å²) in [5.74, 6) is 0.636. The Kier molecular flexibility index (Phi) is 6.31. The van der Waals surface area contributed by atoms with Crippen LogP contribution in [0.4, 0.5) is 11.5 Å². The van der Waals surface area contributed by atoms with E-state index in [0.29, 0.717) is 28.1 Å². The van der Waals surface area contributed by atoms with E-state index in [1.54, 1.807) is 43.4 Å². The Labute approximate surface area is 224 Å². The molecule has 196 valence electrons. The monoisotopic (exact) mass is 520 g/mol. The minimum atomic E-state index is 0.0381. The average molecular weight is 521 g/mol. The van der Waals surface area contributed by atoms with Crippen molar-refractivity contribution in [1.29, 1.82) is 5.41 Å². The highest BCUT2D eigenvalue weighted by Gasteiger charge is 2.22. The maximum Gasteiger partial charge on any atom is 0.227 e. The number of nitrogens with one attached hydrogen (secondary N) is 3. The van der Waals surface area contributed by atoms with Crippen LogP contribution in [0.15, 0.2) is 55.6 Å². The van der Waals surface area contributed by atoms with Crippen molar-refractivity contribution < 1.29 is 4.79 Å². The van der Waals surface area contributed by atoms with Gasteiger partial charge in [-0.3, -0.25) is 20.2 Å². The van der Waals surface area contributed by atoms with E-state index in [0.717, 1.165) is 48.2 Å². The van der Waals surface area contributed by atoms with E-state index in [1.165, 1.54) is 6.42 Å². The van der Waals surface area contributed by atoms with Gasteiger partial charge in [-0.2, -0.15) is 0 Å². The second-order valence-corrected chi connectivity index (χ2v) is 9.88. The molecule has 1 aliphatic rings. The van der Waals surface area contributed by atoms with Crippen molar-refractivity contribution in [3.63, 3.8) is 0 Å². The summed E-state index contributed by atoms with van der Waals surface area (Å²) in [6.07, 6.45) is 17.2. The van der Waals surface area contributed by atoms with Gasteiger partial charge in [-0.1, -0.05) is 19.3 Å². The number of aromatic amines is 1. The van der Waals surface area contributed by atoms with Crippen LogP contribution in [0.3, 0.4) is 0 Å². The summed E-state index contributed by atoms with van der Waals surface area (Å²) in [5, 5.41) is 11.9. The van der Waals surface area contributed by atoms with Crippen molar-refractivity contribution in [2.75, 3.05) is 11.1 Å². The van der Waals surface area contributed by atoms with Gasteiger partial charge >= 0.3 is 0 Å². The molecule has 5 aromatic rings. The first-order valence-corrected chi connectivity index (χ1v) is 12.9. The zero-order valence-electron chi connectivity index (χ0n) is 21.5. The molecule has 5 aromatic heterocycles. The zero-order valence-corrected chi connectivity index (χ0v) is 21.5. The van der Waals surface area contributed by atoms with Crippen LogP contribution in [-0.2, 0) is 4.79 Å². The van der Waals surface area contributed by atoms with Gasteiger partial charge in [0.25, 0.3) is 0 Å². The molecule has 1 aliphatic carbocycles. The third-order valence-electron chi connectivity index (χ3n) is 7.10. The number of aryl methyl sites for hydroxylation is 1. The molecule has 6 rings (SSSR count). The fourth-order valence-electron chi connectivity index (χ4n) is 5.02. The van der Waals surface area contributed by atoms with E-state index in [1.807, 2.05) is 23.8 Å². The second-order valence-electron chi connectivity index (χ2n) is 9.88. The lowest BCUT2D eigenvalue weighted by Gasteiger charge is -2.20. The number of H-pyrrole nitrogens is 1. The molecule has 0 saturated heterocycles. The number of carbonyl (C=O) groups is 1. The number of carbonyl (C=O) groups excluding carboxylic acids is 1. The predicted molar refractivity (Wildman–Crippen MR) is 149 cm³/mol. The van der Waals surface area contributed by atoms with Crippen LogP contribution in [0.1, 0.15) is 49.2 Å². The number of rotatable bonds is 6. The van der Waals surface area contributed by atoms with Gasteiger partial charge in [-0.05, 0) is 31.9 Å². The molecular formula is C28H28N10O. The summed E-state index contributed by atoms with van der Waals surface area (Å²) in [6, 6.07) is 3.65. The van der Waals surface area contributed by atoms with Crippen molar-refractivity contribution in [2.24, 2.45) is 5.92 Å². The Balaban J connectivity index is 1.29. The van der Waals surface area contributed by atoms with E-state index in [9.17, 15) is 4.79 Å². The molecule has 0 bridgehead atoms. The van der Waals surface area contributed by atoms with Crippen molar-refractivity contribution in [3.05, 3.63) is 72.7 Å². The number of hydrogen-bond donors (Lipinski definition) is 4. The third kappa shape index (κ3) is 4.86. The normalized spacial score (nSPS) is 14.0. The smallest absolute Gasteiger partial charge is 0.227 e. The summed E-state index contributed by atoms with van der Waals surface area (Å²) in [6.45, 7) is 1.91. The Bertz CT molecular complexity index is 1700. The minimum Gasteiger partial charge on any atom is -0.383 e. The highest BCUT2D eigenvalue weighted by molar-refractivity contribution is 6.13. The molecule has 1 fully saturated rings. The Morgan fingerprint density at radius 1 is 1.05 bits per heavy atom. The Hall–Kier alpha value is -4.93. The fraction of sp³-hybridized carbons (Fsp3) is 0.250. The van der Waals surface area contributed by atoms with Crippen molar-refractivity contribution in [1.82, 2.24) is 34.5 Å². The van der Waals surface area contributed by atoms with E-state index in [2.05, 4.69) is 30.2 Å². The van der Waals surface area contributed by atoms with Gasteiger partial charge in [0.05, 0.1) is 47.5 Å². The van der Waals surface area contributed by atoms with Crippen LogP contribution >= 0.6 is 0 Å². The lowest BCUT2D eigenvalue weighted by molar-refractivity contribution is -0.120. The first-order chi connectivity index (χ1) is 19.0. The van der Waals surface area contributed by atoms with Gasteiger partial charge in [0.15, 0.2) is 5.82 Å². The minimum absolute atomic E-state index is 0.0381. The number of imidazole rings is 2. The van der Waals surface area contributed by atoms with Crippen molar-refractivity contribution in [2.45, 2.75) is 39.0 Å². The van der Waals surface area contributed by atoms with Crippen LogP contribution in [0.5, 0.6) is 0 Å². The topological polar surface area (TPSA) is 164 Å². The van der Waals surface area contributed by atoms with Gasteiger partial charge in [0.2, 0.25) is 5.91 Å². The SMILES string of the molecule is Cc1cn(-c2cncc3[nH]c(C(=N)c4cc(-c5cncc(NC(=O)C6CCCCC6)c5)cnc4N)nc23)cn1. The molecule has 0 radical (unpaired) electrons. The molecule has 39 heavy (non-hydrogen) atoms. The van der Waals surface area contributed by atoms with Gasteiger partial charge in [-0.15, -0.1) is 0 Å². The molecule has 1 amide bonds. The van der Waals surface area contributed by atoms with Gasteiger partial charge in [0, 0.05) is 41.2 Å². The number of nitrogens with two attached hydrogens (primary N) is 1. The third-order valence-corrected chi connectivity index (χ3v) is 7.10. The molecule has 5 N–H and O–H groups in total. The number of pyridine rings is 3. The maximum atomic E-state index is 12.7. The molecule has 5 heterocycles. The van der Waals surface area contributed by atoms with Crippen LogP contribution in [0.25, 0.3) is 27.8 Å². The van der Waals surface area contributed by atoms with Gasteiger partial charge in [-0.25, -0.2) is 15.0 Å². The van der Waals surface area contributed by atoms with E-state index in [-0.39, 0.29) is 23.4 Å². The van der Waals surface area contributed by atoms with Crippen LogP contribution in [0.2, 0.25) is 0 Å². The molecule has 0 atom stereocenters. The summed E-state index contributed by atoms with van der Waals surface area (Å²) in [7, 11) is 0. The van der Waals surface area contributed by atoms with Gasteiger partial charge < -0.3 is 20.6 Å². The van der Waals surface area contributed by atoms with Crippen LogP contribution in [-0.4, -0.2) is 46.1 Å². The summed E-state index contributed by atoms with van der Waals surface area (Å²) >= 11 is 0. The largest absolute Gasteiger partial charge is 0.383 e. The maximum absolute atomic E-state index is 12.7. The lowest BCUT2D eigenvalue weighted by atomic mass is 9.88. The highest BCUT2D eigenvalue weighted by atomic mass is 16.1. The molecule has 0 aliphatic heterocycles. The Morgan fingerprint density at radius 3 is 2.64 bits per heavy atom. The summed E-state index contributed by atoms with van der Waals surface area (Å²) in [4.78, 5) is 37.9. The number of fused-ring (bicyclic) bond motifs is 1. The first kappa shape index (κ1) is 24.4. The number of aromatic nitrogens is 7. The van der Waals surface area contributed by atoms with E-state index in [4.69, 9.17) is 16.1 Å². The molecule has 11 nitrogen and oxygen atoms in total. The van der Waals surface area contributed by atoms with Crippen LogP contribution in [0, 0.1) is 18.3 Å². The van der Waals surface area contributed by atoms with Crippen molar-refractivity contribution in [3.8, 4) is 16.8 Å². The van der Waals surface area contributed by atoms with E-state index < -0.39 is 0 Å². The molecule has 0 aromatic carbocycles. The second kappa shape index (κ2) is 10.1. The lowest BCUT2D eigenvalue weighted by Crippen LogP contribution is -2.24. The highest BCUT2D eigenvalue weighted by Crippen LogP contribution is 2.28. The predicted octanol–water partition coefficient (Wildman–Crippen LogP) is 4.43. The number of hydrogen-bond acceptors (Lipinski definition) is 8. The van der Waals surface area contributed by atoms with Crippen LogP contribution < -0.4 is 11.1 Å². The molecule has 0 spiro atoms. The number of nitrogen functional groups attached to an aromatic ring is 1. The summed E-state index contributed by atoms with van der Waals surface area (Å²) in [5.41, 5.74) is 11.8. The quantitative estimate of drug-likeness (QED) is 0.241. The number of amides is 1. The first-order valence-electron chi connectivity index (χ1n) is 12.9. The fourth-order valence-corrected chi connectivity index (χ4v) is 5.02. The standard InChI is InChI=1S/C28H28N10O/c1-16-14-38(15-34-16)23-13-32-12-22-25(23)37-27(36-22)24(29)21-8-19(10-33-26(21)30)18-7-20(11-31-9-18)35-28(39)17-5-3-2-4-6-17/h7-15,17,29H,2-6H2,1H3,(H2,30,33)(H,35,39)(H,36,37). The molecular weight excluding hydrogens is 492 g/mol. The molecule has 11 heteroatoms. The summed E-state index contributed by atoms with van der Waals surface area (Å²) < 4.78 is 1.85. The number of anilines is 2. The van der Waals surface area contributed by atoms with E-state index >= 15 is 0 Å². The average Bonchev–Trinajstić information content (AvgIpc) is 3.60. The number of nitrogens with zero attached hydrogens (tertiary/aromatic N) is 6. The zero-order chi connectivity index (χ0) is 26.9. The molecule has 0 unspecified atom stereocenters. The Morgan fingerprint density at radius 2 is 1.85 bits per heavy atom. The molecule has 1 saturated carbocycles. The van der Waals surface area contributed by atoms with Gasteiger partial charge in [0.1, 0.15) is 17.0 Å². The van der Waals surface area contributed by atoms with Crippen molar-refractivity contribution >= 4 is 34.2 Å².